The lowest BCUT2D eigenvalue weighted by atomic mass is 9.93. The smallest absolute Gasteiger partial charge is 0.226 e. The van der Waals surface area contributed by atoms with E-state index in [2.05, 4.69) is 15.5 Å². The Morgan fingerprint density at radius 1 is 1.30 bits per heavy atom. The number of benzene rings is 1. The molecule has 1 fully saturated rings. The zero-order valence-corrected chi connectivity index (χ0v) is 11.3. The lowest BCUT2D eigenvalue weighted by Crippen LogP contribution is -2.27. The number of halogens is 1. The fraction of sp³-hybridized carbons (Fsp3) is 0.467. The first-order chi connectivity index (χ1) is 9.81. The fourth-order valence-electron chi connectivity index (χ4n) is 2.60. The van der Waals surface area contributed by atoms with Crippen molar-refractivity contribution in [3.8, 4) is 11.4 Å². The molecule has 1 aliphatic rings. The maximum absolute atomic E-state index is 13.2. The molecule has 2 heterocycles. The van der Waals surface area contributed by atoms with Crippen molar-refractivity contribution in [2.24, 2.45) is 5.92 Å². The van der Waals surface area contributed by atoms with Gasteiger partial charge in [0.1, 0.15) is 5.82 Å². The molecule has 4 nitrogen and oxygen atoms in total. The average Bonchev–Trinajstić information content (AvgIpc) is 2.95. The Kier molecular flexibility index (Phi) is 4.06. The molecule has 0 spiro atoms. The van der Waals surface area contributed by atoms with E-state index in [4.69, 9.17) is 4.52 Å². The molecule has 106 valence electrons. The number of rotatable bonds is 4. The van der Waals surface area contributed by atoms with Gasteiger partial charge in [-0.3, -0.25) is 0 Å². The van der Waals surface area contributed by atoms with Gasteiger partial charge >= 0.3 is 0 Å². The van der Waals surface area contributed by atoms with Gasteiger partial charge in [-0.1, -0.05) is 17.3 Å². The van der Waals surface area contributed by atoms with E-state index >= 15 is 0 Å². The molecule has 1 saturated heterocycles. The highest BCUT2D eigenvalue weighted by Gasteiger charge is 2.15. The summed E-state index contributed by atoms with van der Waals surface area (Å²) in [5.74, 6) is 1.55. The Morgan fingerprint density at radius 2 is 2.15 bits per heavy atom. The first kappa shape index (κ1) is 13.2. The number of hydrogen-bond donors (Lipinski definition) is 1. The van der Waals surface area contributed by atoms with Gasteiger partial charge in [-0.15, -0.1) is 0 Å². The van der Waals surface area contributed by atoms with Crippen molar-refractivity contribution in [3.63, 3.8) is 0 Å². The summed E-state index contributed by atoms with van der Waals surface area (Å²) in [4.78, 5) is 4.35. The van der Waals surface area contributed by atoms with E-state index in [1.54, 1.807) is 12.1 Å². The Morgan fingerprint density at radius 3 is 2.95 bits per heavy atom. The quantitative estimate of drug-likeness (QED) is 0.932. The van der Waals surface area contributed by atoms with Gasteiger partial charge in [-0.25, -0.2) is 4.39 Å². The Labute approximate surface area is 117 Å². The molecule has 0 atom stereocenters. The van der Waals surface area contributed by atoms with Crippen LogP contribution in [0.3, 0.4) is 0 Å². The number of hydrogen-bond acceptors (Lipinski definition) is 4. The summed E-state index contributed by atoms with van der Waals surface area (Å²) in [6.07, 6.45) is 4.30. The second kappa shape index (κ2) is 6.13. The van der Waals surface area contributed by atoms with E-state index in [0.717, 1.165) is 31.8 Å². The van der Waals surface area contributed by atoms with Crippen LogP contribution in [0.25, 0.3) is 11.4 Å². The molecule has 0 radical (unpaired) electrons. The molecular formula is C15H18FN3O. The van der Waals surface area contributed by atoms with Crippen molar-refractivity contribution in [2.75, 3.05) is 13.1 Å². The summed E-state index contributed by atoms with van der Waals surface area (Å²) < 4.78 is 18.4. The second-order valence-electron chi connectivity index (χ2n) is 5.25. The SMILES string of the molecule is Fc1cccc(-c2noc(CCC3CCNCC3)n2)c1. The molecule has 3 rings (SSSR count). The minimum Gasteiger partial charge on any atom is -0.339 e. The molecule has 0 saturated carbocycles. The number of nitrogens with zero attached hydrogens (tertiary/aromatic N) is 2. The van der Waals surface area contributed by atoms with Crippen molar-refractivity contribution in [2.45, 2.75) is 25.7 Å². The van der Waals surface area contributed by atoms with E-state index < -0.39 is 0 Å². The highest BCUT2D eigenvalue weighted by Crippen LogP contribution is 2.20. The molecule has 0 amide bonds. The van der Waals surface area contributed by atoms with Crippen LogP contribution in [-0.2, 0) is 6.42 Å². The minimum atomic E-state index is -0.288. The summed E-state index contributed by atoms with van der Waals surface area (Å²) >= 11 is 0. The fourth-order valence-corrected chi connectivity index (χ4v) is 2.60. The van der Waals surface area contributed by atoms with Gasteiger partial charge in [0, 0.05) is 12.0 Å². The molecule has 0 unspecified atom stereocenters. The maximum atomic E-state index is 13.2. The lowest BCUT2D eigenvalue weighted by molar-refractivity contribution is 0.324. The minimum absolute atomic E-state index is 0.288. The molecule has 20 heavy (non-hydrogen) atoms. The summed E-state index contributed by atoms with van der Waals surface area (Å²) in [6, 6.07) is 6.25. The van der Waals surface area contributed by atoms with Crippen molar-refractivity contribution < 1.29 is 8.91 Å². The van der Waals surface area contributed by atoms with Crippen LogP contribution in [0.2, 0.25) is 0 Å². The summed E-state index contributed by atoms with van der Waals surface area (Å²) in [6.45, 7) is 2.20. The molecule has 0 bridgehead atoms. The highest BCUT2D eigenvalue weighted by molar-refractivity contribution is 5.53. The van der Waals surface area contributed by atoms with E-state index in [1.807, 2.05) is 0 Å². The zero-order chi connectivity index (χ0) is 13.8. The molecule has 1 N–H and O–H groups in total. The van der Waals surface area contributed by atoms with Crippen LogP contribution in [0.4, 0.5) is 4.39 Å². The number of aromatic nitrogens is 2. The van der Waals surface area contributed by atoms with Gasteiger partial charge in [-0.2, -0.15) is 4.98 Å². The van der Waals surface area contributed by atoms with Crippen LogP contribution in [0, 0.1) is 11.7 Å². The van der Waals surface area contributed by atoms with Gasteiger partial charge in [0.25, 0.3) is 0 Å². The third-order valence-electron chi connectivity index (χ3n) is 3.78. The largest absolute Gasteiger partial charge is 0.339 e. The molecule has 1 aromatic carbocycles. The normalized spacial score (nSPS) is 16.4. The van der Waals surface area contributed by atoms with Crippen LogP contribution in [0.5, 0.6) is 0 Å². The zero-order valence-electron chi connectivity index (χ0n) is 11.3. The standard InChI is InChI=1S/C15H18FN3O/c16-13-3-1-2-12(10-13)15-18-14(20-19-15)5-4-11-6-8-17-9-7-11/h1-3,10-11,17H,4-9H2. The third-order valence-corrected chi connectivity index (χ3v) is 3.78. The molecule has 1 aliphatic heterocycles. The predicted molar refractivity (Wildman–Crippen MR) is 73.6 cm³/mol. The summed E-state index contributed by atoms with van der Waals surface area (Å²) in [5.41, 5.74) is 0.655. The van der Waals surface area contributed by atoms with E-state index in [0.29, 0.717) is 17.3 Å². The van der Waals surface area contributed by atoms with E-state index in [-0.39, 0.29) is 5.82 Å². The molecular weight excluding hydrogens is 257 g/mol. The van der Waals surface area contributed by atoms with Crippen molar-refractivity contribution in [1.82, 2.24) is 15.5 Å². The number of nitrogens with one attached hydrogen (secondary N) is 1. The molecule has 1 aromatic heterocycles. The lowest BCUT2D eigenvalue weighted by Gasteiger charge is -2.21. The van der Waals surface area contributed by atoms with Gasteiger partial charge in [0.15, 0.2) is 0 Å². The highest BCUT2D eigenvalue weighted by atomic mass is 19.1. The van der Waals surface area contributed by atoms with Gasteiger partial charge < -0.3 is 9.84 Å². The third kappa shape index (κ3) is 3.22. The van der Waals surface area contributed by atoms with Crippen LogP contribution < -0.4 is 5.32 Å². The number of aryl methyl sites for hydroxylation is 1. The van der Waals surface area contributed by atoms with Crippen LogP contribution in [0.1, 0.15) is 25.2 Å². The second-order valence-corrected chi connectivity index (χ2v) is 5.25. The Bertz CT molecular complexity index is 564. The first-order valence-electron chi connectivity index (χ1n) is 7.10. The van der Waals surface area contributed by atoms with E-state index in [1.165, 1.54) is 25.0 Å². The van der Waals surface area contributed by atoms with Crippen molar-refractivity contribution in [3.05, 3.63) is 36.0 Å². The van der Waals surface area contributed by atoms with Crippen molar-refractivity contribution in [1.29, 1.82) is 0 Å². The van der Waals surface area contributed by atoms with Crippen molar-refractivity contribution >= 4 is 0 Å². The predicted octanol–water partition coefficient (Wildman–Crippen LogP) is 2.81. The molecule has 0 aliphatic carbocycles. The van der Waals surface area contributed by atoms with Crippen LogP contribution >= 0.6 is 0 Å². The van der Waals surface area contributed by atoms with Gasteiger partial charge in [0.05, 0.1) is 0 Å². The average molecular weight is 275 g/mol. The summed E-state index contributed by atoms with van der Waals surface area (Å²) in [5, 5.41) is 7.28. The van der Waals surface area contributed by atoms with Crippen LogP contribution in [0.15, 0.2) is 28.8 Å². The Hall–Kier alpha value is -1.75. The van der Waals surface area contributed by atoms with Crippen LogP contribution in [-0.4, -0.2) is 23.2 Å². The maximum Gasteiger partial charge on any atom is 0.226 e. The summed E-state index contributed by atoms with van der Waals surface area (Å²) in [7, 11) is 0. The Balaban J connectivity index is 1.61. The monoisotopic (exact) mass is 275 g/mol. The topological polar surface area (TPSA) is 51.0 Å². The van der Waals surface area contributed by atoms with Gasteiger partial charge in [-0.05, 0) is 50.4 Å². The number of piperidine rings is 1. The van der Waals surface area contributed by atoms with E-state index in [9.17, 15) is 4.39 Å². The van der Waals surface area contributed by atoms with Gasteiger partial charge in [0.2, 0.25) is 11.7 Å². The molecule has 2 aromatic rings. The first-order valence-corrected chi connectivity index (χ1v) is 7.10. The molecule has 5 heteroatoms.